The molecule has 0 aliphatic carbocycles. The number of benzene rings is 1. The summed E-state index contributed by atoms with van der Waals surface area (Å²) in [5.41, 5.74) is 3.37. The molecule has 1 N–H and O–H groups in total. The zero-order valence-corrected chi connectivity index (χ0v) is 10.2. The van der Waals surface area contributed by atoms with Crippen molar-refractivity contribution in [2.75, 3.05) is 0 Å². The Morgan fingerprint density at radius 2 is 2.15 bits per heavy atom. The van der Waals surface area contributed by atoms with Crippen molar-refractivity contribution in [3.63, 3.8) is 0 Å². The molecule has 13 heavy (non-hydrogen) atoms. The van der Waals surface area contributed by atoms with Gasteiger partial charge in [0.1, 0.15) is 0 Å². The lowest BCUT2D eigenvalue weighted by atomic mass is 10.0. The van der Waals surface area contributed by atoms with E-state index in [1.807, 2.05) is 6.92 Å². The SMILES string of the molecule is CCc1ccc(I)c(CC(C)=N)c1. The summed E-state index contributed by atoms with van der Waals surface area (Å²) in [4.78, 5) is 0. The van der Waals surface area contributed by atoms with Gasteiger partial charge in [-0.05, 0) is 53.1 Å². The van der Waals surface area contributed by atoms with E-state index in [0.29, 0.717) is 0 Å². The summed E-state index contributed by atoms with van der Waals surface area (Å²) in [6.45, 7) is 4.01. The minimum atomic E-state index is 0.728. The van der Waals surface area contributed by atoms with Gasteiger partial charge in [0.25, 0.3) is 0 Å². The third-order valence-electron chi connectivity index (χ3n) is 1.97. The molecular formula is C11H14IN. The van der Waals surface area contributed by atoms with Crippen molar-refractivity contribution in [1.29, 1.82) is 5.41 Å². The highest BCUT2D eigenvalue weighted by atomic mass is 127. The predicted octanol–water partition coefficient (Wildman–Crippen LogP) is 3.44. The number of nitrogens with one attached hydrogen (secondary N) is 1. The van der Waals surface area contributed by atoms with E-state index >= 15 is 0 Å². The fourth-order valence-electron chi connectivity index (χ4n) is 1.27. The van der Waals surface area contributed by atoms with Crippen molar-refractivity contribution in [2.45, 2.75) is 26.7 Å². The average Bonchev–Trinajstić information content (AvgIpc) is 2.08. The minimum Gasteiger partial charge on any atom is -0.310 e. The molecule has 0 saturated carbocycles. The number of aryl methyl sites for hydroxylation is 1. The highest BCUT2D eigenvalue weighted by Gasteiger charge is 2.01. The summed E-state index contributed by atoms with van der Waals surface area (Å²) < 4.78 is 1.27. The van der Waals surface area contributed by atoms with Crippen LogP contribution in [0, 0.1) is 8.98 Å². The monoisotopic (exact) mass is 287 g/mol. The molecule has 0 aromatic heterocycles. The largest absolute Gasteiger partial charge is 0.310 e. The van der Waals surface area contributed by atoms with Crippen molar-refractivity contribution >= 4 is 28.3 Å². The van der Waals surface area contributed by atoms with Gasteiger partial charge >= 0.3 is 0 Å². The van der Waals surface area contributed by atoms with Crippen LogP contribution in [0.4, 0.5) is 0 Å². The molecule has 0 aliphatic heterocycles. The van der Waals surface area contributed by atoms with E-state index < -0.39 is 0 Å². The zero-order chi connectivity index (χ0) is 9.84. The Balaban J connectivity index is 2.96. The summed E-state index contributed by atoms with van der Waals surface area (Å²) in [6.07, 6.45) is 1.85. The van der Waals surface area contributed by atoms with Gasteiger partial charge in [-0.2, -0.15) is 0 Å². The van der Waals surface area contributed by atoms with E-state index in [1.165, 1.54) is 14.7 Å². The second-order valence-corrected chi connectivity index (χ2v) is 4.40. The average molecular weight is 287 g/mol. The Kier molecular flexibility index (Phi) is 3.90. The second kappa shape index (κ2) is 4.74. The molecule has 0 unspecified atom stereocenters. The van der Waals surface area contributed by atoms with Crippen molar-refractivity contribution in [3.8, 4) is 0 Å². The van der Waals surface area contributed by atoms with Crippen molar-refractivity contribution < 1.29 is 0 Å². The smallest absolute Gasteiger partial charge is 0.0166 e. The molecule has 0 amide bonds. The maximum Gasteiger partial charge on any atom is 0.0166 e. The number of hydrogen-bond donors (Lipinski definition) is 1. The van der Waals surface area contributed by atoms with Crippen LogP contribution >= 0.6 is 22.6 Å². The molecule has 0 spiro atoms. The van der Waals surface area contributed by atoms with Crippen LogP contribution in [-0.2, 0) is 12.8 Å². The third kappa shape index (κ3) is 3.10. The number of rotatable bonds is 3. The van der Waals surface area contributed by atoms with E-state index in [1.54, 1.807) is 0 Å². The predicted molar refractivity (Wildman–Crippen MR) is 65.6 cm³/mol. The zero-order valence-electron chi connectivity index (χ0n) is 8.02. The van der Waals surface area contributed by atoms with E-state index in [0.717, 1.165) is 18.6 Å². The van der Waals surface area contributed by atoms with Crippen molar-refractivity contribution in [1.82, 2.24) is 0 Å². The molecule has 0 bridgehead atoms. The molecule has 1 aromatic carbocycles. The van der Waals surface area contributed by atoms with Crippen LogP contribution in [0.25, 0.3) is 0 Å². The lowest BCUT2D eigenvalue weighted by molar-refractivity contribution is 1.12. The third-order valence-corrected chi connectivity index (χ3v) is 3.03. The molecule has 0 saturated heterocycles. The molecule has 0 aliphatic rings. The molecular weight excluding hydrogens is 273 g/mol. The molecule has 1 nitrogen and oxygen atoms in total. The first-order chi connectivity index (χ1) is 6.13. The first-order valence-electron chi connectivity index (χ1n) is 4.44. The summed E-state index contributed by atoms with van der Waals surface area (Å²) in [5, 5.41) is 7.45. The summed E-state index contributed by atoms with van der Waals surface area (Å²) in [7, 11) is 0. The van der Waals surface area contributed by atoms with Crippen LogP contribution in [0.1, 0.15) is 25.0 Å². The Labute approximate surface area is 93.2 Å². The molecule has 1 rings (SSSR count). The lowest BCUT2D eigenvalue weighted by Crippen LogP contribution is -1.98. The van der Waals surface area contributed by atoms with Gasteiger partial charge in [0.2, 0.25) is 0 Å². The van der Waals surface area contributed by atoms with E-state index in [-0.39, 0.29) is 0 Å². The normalized spacial score (nSPS) is 10.1. The molecule has 0 radical (unpaired) electrons. The molecule has 2 heteroatoms. The van der Waals surface area contributed by atoms with Crippen LogP contribution in [0.2, 0.25) is 0 Å². The summed E-state index contributed by atoms with van der Waals surface area (Å²) in [6, 6.07) is 6.50. The number of halogens is 1. The van der Waals surface area contributed by atoms with Crippen molar-refractivity contribution in [2.24, 2.45) is 0 Å². The van der Waals surface area contributed by atoms with Gasteiger partial charge < -0.3 is 5.41 Å². The van der Waals surface area contributed by atoms with Crippen molar-refractivity contribution in [3.05, 3.63) is 32.9 Å². The first-order valence-corrected chi connectivity index (χ1v) is 5.52. The minimum absolute atomic E-state index is 0.728. The molecule has 0 atom stereocenters. The van der Waals surface area contributed by atoms with Crippen LogP contribution in [-0.4, -0.2) is 5.71 Å². The van der Waals surface area contributed by atoms with Crippen LogP contribution in [0.5, 0.6) is 0 Å². The second-order valence-electron chi connectivity index (χ2n) is 3.24. The van der Waals surface area contributed by atoms with Gasteiger partial charge in [-0.25, -0.2) is 0 Å². The molecule has 1 aromatic rings. The fraction of sp³-hybridized carbons (Fsp3) is 0.364. The lowest BCUT2D eigenvalue weighted by Gasteiger charge is -2.05. The van der Waals surface area contributed by atoms with E-state index in [4.69, 9.17) is 5.41 Å². The summed E-state index contributed by atoms with van der Waals surface area (Å²) >= 11 is 2.33. The van der Waals surface area contributed by atoms with Gasteiger partial charge in [-0.1, -0.05) is 19.1 Å². The Hall–Kier alpha value is -0.380. The van der Waals surface area contributed by atoms with Crippen LogP contribution in [0.15, 0.2) is 18.2 Å². The van der Waals surface area contributed by atoms with E-state index in [2.05, 4.69) is 47.7 Å². The Morgan fingerprint density at radius 1 is 1.46 bits per heavy atom. The topological polar surface area (TPSA) is 23.9 Å². The highest BCUT2D eigenvalue weighted by Crippen LogP contribution is 2.15. The first kappa shape index (κ1) is 10.7. The standard InChI is InChI=1S/C11H14IN/c1-3-9-4-5-11(12)10(7-9)6-8(2)13/h4-5,7,13H,3,6H2,1-2H3. The quantitative estimate of drug-likeness (QED) is 0.650. The van der Waals surface area contributed by atoms with Gasteiger partial charge in [0, 0.05) is 15.7 Å². The fourth-order valence-corrected chi connectivity index (χ4v) is 1.80. The Bertz CT molecular complexity index is 318. The van der Waals surface area contributed by atoms with Crippen LogP contribution < -0.4 is 0 Å². The van der Waals surface area contributed by atoms with E-state index in [9.17, 15) is 0 Å². The highest BCUT2D eigenvalue weighted by molar-refractivity contribution is 14.1. The molecule has 0 heterocycles. The van der Waals surface area contributed by atoms with Gasteiger partial charge in [0.05, 0.1) is 0 Å². The van der Waals surface area contributed by atoms with Gasteiger partial charge in [-0.15, -0.1) is 0 Å². The van der Waals surface area contributed by atoms with Gasteiger partial charge in [-0.3, -0.25) is 0 Å². The van der Waals surface area contributed by atoms with Crippen LogP contribution in [0.3, 0.4) is 0 Å². The maximum absolute atomic E-state index is 7.45. The Morgan fingerprint density at radius 3 is 2.69 bits per heavy atom. The maximum atomic E-state index is 7.45. The molecule has 70 valence electrons. The number of hydrogen-bond acceptors (Lipinski definition) is 1. The summed E-state index contributed by atoms with van der Waals surface area (Å²) in [5.74, 6) is 0. The van der Waals surface area contributed by atoms with Gasteiger partial charge in [0.15, 0.2) is 0 Å². The molecule has 0 fully saturated rings.